The van der Waals surface area contributed by atoms with E-state index < -0.39 is 46.2 Å². The van der Waals surface area contributed by atoms with Crippen molar-refractivity contribution in [2.45, 2.75) is 73.7 Å². The third-order valence-corrected chi connectivity index (χ3v) is 12.1. The van der Waals surface area contributed by atoms with Crippen molar-refractivity contribution >= 4 is 20.0 Å². The molecule has 8 heteroatoms. The van der Waals surface area contributed by atoms with Gasteiger partial charge < -0.3 is 5.11 Å². The van der Waals surface area contributed by atoms with E-state index in [1.54, 1.807) is 20.8 Å². The maximum atomic E-state index is 13.2. The van der Waals surface area contributed by atoms with Crippen LogP contribution in [0.1, 0.15) is 53.4 Å². The summed E-state index contributed by atoms with van der Waals surface area (Å²) in [5, 5.41) is 10.0. The fourth-order valence-electron chi connectivity index (χ4n) is 5.54. The maximum Gasteiger partial charge on any atom is 0.270 e. The highest BCUT2D eigenvalue weighted by Gasteiger charge is 2.77. The molecule has 2 saturated heterocycles. The Labute approximate surface area is 138 Å². The van der Waals surface area contributed by atoms with Crippen LogP contribution in [0, 0.1) is 17.8 Å². The molecule has 3 fully saturated rings. The van der Waals surface area contributed by atoms with Crippen molar-refractivity contribution in [2.75, 3.05) is 0 Å². The van der Waals surface area contributed by atoms with Gasteiger partial charge in [-0.25, -0.2) is 8.42 Å². The quantitative estimate of drug-likeness (QED) is 0.715. The highest BCUT2D eigenvalue weighted by molar-refractivity contribution is 7.94. The summed E-state index contributed by atoms with van der Waals surface area (Å²) >= 11 is 0. The van der Waals surface area contributed by atoms with E-state index in [1.165, 1.54) is 6.92 Å². The predicted molar refractivity (Wildman–Crippen MR) is 86.3 cm³/mol. The van der Waals surface area contributed by atoms with Crippen LogP contribution in [0.2, 0.25) is 0 Å². The summed E-state index contributed by atoms with van der Waals surface area (Å²) < 4.78 is 57.8. The van der Waals surface area contributed by atoms with E-state index in [-0.39, 0.29) is 18.3 Å². The Hall–Kier alpha value is -0.180. The molecule has 0 aromatic rings. The van der Waals surface area contributed by atoms with Crippen molar-refractivity contribution in [3.63, 3.8) is 0 Å². The Morgan fingerprint density at radius 3 is 2.17 bits per heavy atom. The molecular weight excluding hydrogens is 340 g/mol. The summed E-state index contributed by atoms with van der Waals surface area (Å²) in [6.45, 7) is 6.67. The highest BCUT2D eigenvalue weighted by atomic mass is 32.2. The van der Waals surface area contributed by atoms with E-state index in [0.717, 1.165) is 0 Å². The number of fused-ring (bicyclic) bond motifs is 5. The average molecular weight is 367 g/mol. The molecule has 1 aliphatic carbocycles. The minimum atomic E-state index is -4.42. The molecule has 0 aromatic heterocycles. The van der Waals surface area contributed by atoms with Gasteiger partial charge in [0.05, 0.1) is 20.3 Å². The second-order valence-corrected chi connectivity index (χ2v) is 12.8. The Bertz CT molecular complexity index is 742. The molecule has 0 radical (unpaired) electrons. The first-order valence-corrected chi connectivity index (χ1v) is 11.1. The smallest absolute Gasteiger partial charge is 0.270 e. The number of hydrogen-bond acceptors (Lipinski definition) is 5. The first-order valence-electron chi connectivity index (χ1n) is 8.16. The van der Waals surface area contributed by atoms with Gasteiger partial charge in [-0.15, -0.1) is 0 Å². The van der Waals surface area contributed by atoms with Gasteiger partial charge in [-0.3, -0.25) is 4.55 Å². The van der Waals surface area contributed by atoms with Crippen molar-refractivity contribution in [3.8, 4) is 0 Å². The minimum Gasteiger partial charge on any atom is -0.388 e. The van der Waals surface area contributed by atoms with Crippen LogP contribution in [0.3, 0.4) is 0 Å². The SMILES string of the molecule is CC(C)[C@@]1(O)CC[C@@]2(C)[C@@H]3CC[C@@](C)(S(=O)(=O)O)[C@@H]3[C@@H]1S2(=O)=O. The molecule has 23 heavy (non-hydrogen) atoms. The van der Waals surface area contributed by atoms with Gasteiger partial charge in [0.15, 0.2) is 9.84 Å². The first-order chi connectivity index (χ1) is 10.2. The van der Waals surface area contributed by atoms with Crippen LogP contribution in [-0.4, -0.2) is 46.8 Å². The molecule has 2 heterocycles. The largest absolute Gasteiger partial charge is 0.388 e. The topological polar surface area (TPSA) is 109 Å². The van der Waals surface area contributed by atoms with Crippen molar-refractivity contribution in [3.05, 3.63) is 0 Å². The fraction of sp³-hybridized carbons (Fsp3) is 1.00. The summed E-state index contributed by atoms with van der Waals surface area (Å²) in [6, 6.07) is 0. The summed E-state index contributed by atoms with van der Waals surface area (Å²) in [4.78, 5) is 0. The first kappa shape index (κ1) is 17.6. The number of sulfone groups is 1. The monoisotopic (exact) mass is 366 g/mol. The Morgan fingerprint density at radius 2 is 1.70 bits per heavy atom. The lowest BCUT2D eigenvalue weighted by Gasteiger charge is -2.46. The van der Waals surface area contributed by atoms with Gasteiger partial charge >= 0.3 is 0 Å². The molecule has 0 unspecified atom stereocenters. The van der Waals surface area contributed by atoms with E-state index in [9.17, 15) is 26.5 Å². The standard InChI is InChI=1S/C15H26O6S2/c1-9(2)15(16)8-7-13(3)10-5-6-14(4,23(19,20)21)11(10)12(15)22(13,17)18/h9-12,16H,5-8H2,1-4H3,(H,19,20,21)/t10-,11+,12+,13+,14-,15+/m1/s1. The number of hydrogen-bond donors (Lipinski definition) is 2. The van der Waals surface area contributed by atoms with Crippen LogP contribution in [-0.2, 0) is 20.0 Å². The van der Waals surface area contributed by atoms with Crippen LogP contribution >= 0.6 is 0 Å². The normalized spacial score (nSPS) is 51.9. The lowest BCUT2D eigenvalue weighted by atomic mass is 9.75. The van der Waals surface area contributed by atoms with Crippen molar-refractivity contribution < 1.29 is 26.5 Å². The zero-order valence-corrected chi connectivity index (χ0v) is 15.6. The van der Waals surface area contributed by atoms with Crippen LogP contribution in [0.15, 0.2) is 0 Å². The third-order valence-electron chi connectivity index (χ3n) is 7.29. The van der Waals surface area contributed by atoms with Crippen molar-refractivity contribution in [2.24, 2.45) is 17.8 Å². The van der Waals surface area contributed by atoms with Crippen LogP contribution in [0.4, 0.5) is 0 Å². The summed E-state index contributed by atoms with van der Waals surface area (Å²) in [6.07, 6.45) is 1.36. The molecule has 1 saturated carbocycles. The molecule has 134 valence electrons. The second kappa shape index (κ2) is 4.51. The zero-order chi connectivity index (χ0) is 17.6. The van der Waals surface area contributed by atoms with Crippen LogP contribution in [0.5, 0.6) is 0 Å². The molecule has 3 aliphatic rings. The molecular formula is C15H26O6S2. The predicted octanol–water partition coefficient (Wildman–Crippen LogP) is 1.40. The maximum absolute atomic E-state index is 13.2. The second-order valence-electron chi connectivity index (χ2n) is 8.38. The van der Waals surface area contributed by atoms with Gasteiger partial charge in [-0.2, -0.15) is 8.42 Å². The molecule has 0 amide bonds. The summed E-state index contributed by atoms with van der Waals surface area (Å²) in [5.74, 6) is -1.41. The van der Waals surface area contributed by atoms with Crippen LogP contribution < -0.4 is 0 Å². The Kier molecular flexibility index (Phi) is 3.45. The van der Waals surface area contributed by atoms with Gasteiger partial charge in [-0.1, -0.05) is 13.8 Å². The van der Waals surface area contributed by atoms with Gasteiger partial charge in [0, 0.05) is 5.92 Å². The van der Waals surface area contributed by atoms with Gasteiger partial charge in [-0.05, 0) is 51.4 Å². The van der Waals surface area contributed by atoms with Crippen molar-refractivity contribution in [1.29, 1.82) is 0 Å². The zero-order valence-electron chi connectivity index (χ0n) is 14.0. The average Bonchev–Trinajstić information content (AvgIpc) is 2.77. The van der Waals surface area contributed by atoms with Crippen LogP contribution in [0.25, 0.3) is 0 Å². The molecule has 6 nitrogen and oxygen atoms in total. The van der Waals surface area contributed by atoms with Gasteiger partial charge in [0.1, 0.15) is 0 Å². The molecule has 2 bridgehead atoms. The Balaban J connectivity index is 2.29. The minimum absolute atomic E-state index is 0.233. The third kappa shape index (κ3) is 1.81. The molecule has 2 aliphatic heterocycles. The lowest BCUT2D eigenvalue weighted by molar-refractivity contribution is -0.0308. The molecule has 3 rings (SSSR count). The molecule has 0 spiro atoms. The summed E-state index contributed by atoms with van der Waals surface area (Å²) in [7, 11) is -8.12. The van der Waals surface area contributed by atoms with E-state index in [4.69, 9.17) is 0 Å². The number of aliphatic hydroxyl groups is 1. The fourth-order valence-corrected chi connectivity index (χ4v) is 10.1. The van der Waals surface area contributed by atoms with E-state index in [2.05, 4.69) is 0 Å². The Morgan fingerprint density at radius 1 is 1.13 bits per heavy atom. The molecule has 0 aromatic carbocycles. The molecule has 2 N–H and O–H groups in total. The van der Waals surface area contributed by atoms with Crippen molar-refractivity contribution in [1.82, 2.24) is 0 Å². The highest BCUT2D eigenvalue weighted by Crippen LogP contribution is 2.66. The van der Waals surface area contributed by atoms with Gasteiger partial charge in [0.2, 0.25) is 0 Å². The molecule has 6 atom stereocenters. The van der Waals surface area contributed by atoms with E-state index in [0.29, 0.717) is 19.3 Å². The summed E-state index contributed by atoms with van der Waals surface area (Å²) in [5.41, 5.74) is -1.45. The van der Waals surface area contributed by atoms with Gasteiger partial charge in [0.25, 0.3) is 10.1 Å². The van der Waals surface area contributed by atoms with E-state index in [1.807, 2.05) is 0 Å². The lowest BCUT2D eigenvalue weighted by Crippen LogP contribution is -2.60. The number of rotatable bonds is 2. The van der Waals surface area contributed by atoms with E-state index >= 15 is 0 Å².